The summed E-state index contributed by atoms with van der Waals surface area (Å²) in [7, 11) is 0. The lowest BCUT2D eigenvalue weighted by molar-refractivity contribution is -0.137. The van der Waals surface area contributed by atoms with Crippen molar-refractivity contribution in [2.24, 2.45) is 0 Å². The van der Waals surface area contributed by atoms with Crippen molar-refractivity contribution in [3.05, 3.63) is 59.7 Å². The van der Waals surface area contributed by atoms with Gasteiger partial charge in [0.2, 0.25) is 5.91 Å². The predicted molar refractivity (Wildman–Crippen MR) is 131 cm³/mol. The van der Waals surface area contributed by atoms with Crippen molar-refractivity contribution in [3.8, 4) is 11.1 Å². The van der Waals surface area contributed by atoms with Crippen LogP contribution in [0.5, 0.6) is 0 Å². The van der Waals surface area contributed by atoms with Gasteiger partial charge in [0, 0.05) is 24.4 Å². The van der Waals surface area contributed by atoms with E-state index < -0.39 is 24.1 Å². The fraction of sp³-hybridized carbons (Fsp3) is 0.444. The number of carboxylic acid groups (broad SMARTS) is 1. The zero-order valence-electron chi connectivity index (χ0n) is 19.9. The van der Waals surface area contributed by atoms with Gasteiger partial charge in [0.25, 0.3) is 0 Å². The molecule has 1 aliphatic rings. The summed E-state index contributed by atoms with van der Waals surface area (Å²) >= 11 is 0. The number of amides is 2. The highest BCUT2D eigenvalue weighted by Gasteiger charge is 2.29. The maximum Gasteiger partial charge on any atom is 0.407 e. The Balaban J connectivity index is 1.53. The number of unbranched alkanes of at least 4 members (excludes halogenated alkanes) is 1. The van der Waals surface area contributed by atoms with Crippen LogP contribution in [0.3, 0.4) is 0 Å². The number of ether oxygens (including phenoxy) is 1. The highest BCUT2D eigenvalue weighted by molar-refractivity contribution is 5.80. The number of carbonyl (C=O) groups is 3. The minimum absolute atomic E-state index is 0.0307. The van der Waals surface area contributed by atoms with Gasteiger partial charge in [-0.25, -0.2) is 4.79 Å². The molecule has 7 heteroatoms. The normalized spacial score (nSPS) is 13.9. The van der Waals surface area contributed by atoms with Crippen LogP contribution < -0.4 is 10.6 Å². The zero-order valence-corrected chi connectivity index (χ0v) is 19.9. The molecule has 0 spiro atoms. The minimum Gasteiger partial charge on any atom is -0.481 e. The molecule has 0 saturated heterocycles. The van der Waals surface area contributed by atoms with Crippen LogP contribution in [0.15, 0.2) is 48.5 Å². The smallest absolute Gasteiger partial charge is 0.407 e. The fourth-order valence-electron chi connectivity index (χ4n) is 4.50. The minimum atomic E-state index is -0.940. The molecule has 34 heavy (non-hydrogen) atoms. The van der Waals surface area contributed by atoms with Crippen LogP contribution in [-0.2, 0) is 14.3 Å². The van der Waals surface area contributed by atoms with E-state index in [4.69, 9.17) is 9.84 Å². The molecular formula is C27H34N2O5. The van der Waals surface area contributed by atoms with Crippen molar-refractivity contribution >= 4 is 18.0 Å². The van der Waals surface area contributed by atoms with E-state index >= 15 is 0 Å². The molecular weight excluding hydrogens is 432 g/mol. The average molecular weight is 467 g/mol. The van der Waals surface area contributed by atoms with Crippen LogP contribution in [0, 0.1) is 0 Å². The van der Waals surface area contributed by atoms with Gasteiger partial charge in [-0.15, -0.1) is 0 Å². The van der Waals surface area contributed by atoms with E-state index in [2.05, 4.69) is 34.9 Å². The number of fused-ring (bicyclic) bond motifs is 3. The van der Waals surface area contributed by atoms with Crippen LogP contribution in [0.2, 0.25) is 0 Å². The number of benzene rings is 2. The van der Waals surface area contributed by atoms with Gasteiger partial charge >= 0.3 is 12.1 Å². The lowest BCUT2D eigenvalue weighted by Gasteiger charge is -2.21. The molecule has 1 aliphatic carbocycles. The molecule has 182 valence electrons. The second kappa shape index (κ2) is 12.2. The molecule has 0 aliphatic heterocycles. The van der Waals surface area contributed by atoms with Gasteiger partial charge in [-0.1, -0.05) is 75.2 Å². The van der Waals surface area contributed by atoms with Crippen molar-refractivity contribution in [2.75, 3.05) is 6.61 Å². The van der Waals surface area contributed by atoms with Gasteiger partial charge < -0.3 is 20.5 Å². The largest absolute Gasteiger partial charge is 0.481 e. The molecule has 2 aromatic rings. The Morgan fingerprint density at radius 3 is 2.09 bits per heavy atom. The Labute approximate surface area is 200 Å². The standard InChI is InChI=1S/C27H34N2O5/c1-3-5-10-19(16-26(31)32)28-25(30)15-18(4-2)29-27(33)34-17-24-22-13-8-6-11-20(22)21-12-7-9-14-23(21)24/h6-9,11-14,18-19,24H,3-5,10,15-17H2,1-2H3,(H,28,30)(H,29,33)(H,31,32)/t18-,19?/m0/s1. The zero-order chi connectivity index (χ0) is 24.5. The maximum absolute atomic E-state index is 12.5. The molecule has 0 saturated carbocycles. The van der Waals surface area contributed by atoms with Crippen molar-refractivity contribution in [1.29, 1.82) is 0 Å². The third-order valence-electron chi connectivity index (χ3n) is 6.28. The van der Waals surface area contributed by atoms with Crippen molar-refractivity contribution in [1.82, 2.24) is 10.6 Å². The average Bonchev–Trinajstić information content (AvgIpc) is 3.14. The van der Waals surface area contributed by atoms with Crippen LogP contribution in [0.25, 0.3) is 11.1 Å². The Hall–Kier alpha value is -3.35. The molecule has 1 unspecified atom stereocenters. The van der Waals surface area contributed by atoms with Gasteiger partial charge in [-0.3, -0.25) is 9.59 Å². The maximum atomic E-state index is 12.5. The summed E-state index contributed by atoms with van der Waals surface area (Å²) in [6.07, 6.45) is 2.34. The number of hydrogen-bond acceptors (Lipinski definition) is 4. The van der Waals surface area contributed by atoms with Crippen molar-refractivity contribution < 1.29 is 24.2 Å². The lowest BCUT2D eigenvalue weighted by atomic mass is 9.98. The third-order valence-corrected chi connectivity index (χ3v) is 6.28. The molecule has 0 radical (unpaired) electrons. The van der Waals surface area contributed by atoms with Crippen molar-refractivity contribution in [3.63, 3.8) is 0 Å². The molecule has 3 N–H and O–H groups in total. The first-order valence-corrected chi connectivity index (χ1v) is 12.1. The van der Waals surface area contributed by atoms with Crippen LogP contribution in [0.1, 0.15) is 69.4 Å². The first-order valence-electron chi connectivity index (χ1n) is 12.1. The van der Waals surface area contributed by atoms with E-state index in [0.29, 0.717) is 12.8 Å². The van der Waals surface area contributed by atoms with Gasteiger partial charge in [-0.05, 0) is 35.1 Å². The van der Waals surface area contributed by atoms with Gasteiger partial charge in [0.05, 0.1) is 6.42 Å². The molecule has 7 nitrogen and oxygen atoms in total. The van der Waals surface area contributed by atoms with E-state index in [1.807, 2.05) is 38.1 Å². The number of carbonyl (C=O) groups excluding carboxylic acids is 2. The molecule has 3 rings (SSSR count). The van der Waals surface area contributed by atoms with Crippen molar-refractivity contribution in [2.45, 2.75) is 70.4 Å². The van der Waals surface area contributed by atoms with E-state index in [9.17, 15) is 14.4 Å². The number of alkyl carbamates (subject to hydrolysis) is 1. The van der Waals surface area contributed by atoms with E-state index in [1.165, 1.54) is 0 Å². The number of aliphatic carboxylic acids is 1. The Bertz CT molecular complexity index is 961. The molecule has 2 aromatic carbocycles. The van der Waals surface area contributed by atoms with Gasteiger partial charge in [0.1, 0.15) is 6.61 Å². The number of rotatable bonds is 12. The highest BCUT2D eigenvalue weighted by Crippen LogP contribution is 2.44. The molecule has 0 bridgehead atoms. The predicted octanol–water partition coefficient (Wildman–Crippen LogP) is 4.84. The Morgan fingerprint density at radius 1 is 0.912 bits per heavy atom. The molecule has 2 amide bonds. The third kappa shape index (κ3) is 6.59. The molecule has 0 aromatic heterocycles. The highest BCUT2D eigenvalue weighted by atomic mass is 16.5. The fourth-order valence-corrected chi connectivity index (χ4v) is 4.50. The first-order chi connectivity index (χ1) is 16.4. The summed E-state index contributed by atoms with van der Waals surface area (Å²) < 4.78 is 5.58. The van der Waals surface area contributed by atoms with Crippen LogP contribution in [0.4, 0.5) is 4.79 Å². The summed E-state index contributed by atoms with van der Waals surface area (Å²) in [6.45, 7) is 4.11. The second-order valence-electron chi connectivity index (χ2n) is 8.78. The quantitative estimate of drug-likeness (QED) is 0.415. The molecule has 2 atom stereocenters. The lowest BCUT2D eigenvalue weighted by Crippen LogP contribution is -2.42. The van der Waals surface area contributed by atoms with Crippen LogP contribution >= 0.6 is 0 Å². The summed E-state index contributed by atoms with van der Waals surface area (Å²) in [6, 6.07) is 15.5. The topological polar surface area (TPSA) is 105 Å². The summed E-state index contributed by atoms with van der Waals surface area (Å²) in [4.78, 5) is 36.1. The van der Waals surface area contributed by atoms with Gasteiger partial charge in [-0.2, -0.15) is 0 Å². The van der Waals surface area contributed by atoms with E-state index in [-0.39, 0.29) is 31.3 Å². The Morgan fingerprint density at radius 2 is 1.53 bits per heavy atom. The number of nitrogens with one attached hydrogen (secondary N) is 2. The number of hydrogen-bond donors (Lipinski definition) is 3. The summed E-state index contributed by atoms with van der Waals surface area (Å²) in [5, 5.41) is 14.7. The number of carboxylic acids is 1. The van der Waals surface area contributed by atoms with E-state index in [0.717, 1.165) is 35.1 Å². The second-order valence-corrected chi connectivity index (χ2v) is 8.78. The summed E-state index contributed by atoms with van der Waals surface area (Å²) in [5.41, 5.74) is 4.60. The summed E-state index contributed by atoms with van der Waals surface area (Å²) in [5.74, 6) is -1.24. The first kappa shape index (κ1) is 25.3. The van der Waals surface area contributed by atoms with Gasteiger partial charge in [0.15, 0.2) is 0 Å². The molecule has 0 heterocycles. The Kier molecular flexibility index (Phi) is 9.08. The molecule has 0 fully saturated rings. The van der Waals surface area contributed by atoms with E-state index in [1.54, 1.807) is 0 Å². The SMILES string of the molecule is CCCCC(CC(=O)O)NC(=O)C[C@H](CC)NC(=O)OCC1c2ccccc2-c2ccccc21. The monoisotopic (exact) mass is 466 g/mol. The van der Waals surface area contributed by atoms with Crippen LogP contribution in [-0.4, -0.2) is 41.8 Å².